The van der Waals surface area contributed by atoms with E-state index in [2.05, 4.69) is 11.4 Å². The topological polar surface area (TPSA) is 73.1 Å². The van der Waals surface area contributed by atoms with Gasteiger partial charge < -0.3 is 5.32 Å². The highest BCUT2D eigenvalue weighted by molar-refractivity contribution is 6.30. The number of amides is 1. The molecule has 32 heavy (non-hydrogen) atoms. The Morgan fingerprint density at radius 3 is 2.53 bits per heavy atom. The van der Waals surface area contributed by atoms with Gasteiger partial charge in [-0.2, -0.15) is 0 Å². The molecule has 0 fully saturated rings. The largest absolute Gasteiger partial charge is 0.354 e. The van der Waals surface area contributed by atoms with Crippen LogP contribution in [0.15, 0.2) is 69.8 Å². The van der Waals surface area contributed by atoms with Gasteiger partial charge in [-0.25, -0.2) is 4.79 Å². The van der Waals surface area contributed by atoms with Crippen LogP contribution in [0.2, 0.25) is 5.02 Å². The maximum Gasteiger partial charge on any atom is 0.332 e. The van der Waals surface area contributed by atoms with Gasteiger partial charge in [0, 0.05) is 11.6 Å². The molecule has 3 aromatic rings. The third kappa shape index (κ3) is 5.02. The summed E-state index contributed by atoms with van der Waals surface area (Å²) in [5.41, 5.74) is 1.74. The number of hydrogen-bond acceptors (Lipinski definition) is 3. The van der Waals surface area contributed by atoms with Crippen LogP contribution in [0.1, 0.15) is 37.7 Å². The molecule has 4 rings (SSSR count). The molecule has 0 saturated carbocycles. The zero-order chi connectivity index (χ0) is 22.5. The number of carbonyl (C=O) groups excluding carboxylic acids is 1. The zero-order valence-corrected chi connectivity index (χ0v) is 18.6. The normalized spacial score (nSPS) is 13.7. The number of nitrogens with zero attached hydrogens (tertiary/aromatic N) is 2. The first kappa shape index (κ1) is 22.1. The van der Waals surface area contributed by atoms with Crippen LogP contribution in [0.3, 0.4) is 0 Å². The van der Waals surface area contributed by atoms with Gasteiger partial charge in [-0.05, 0) is 61.9 Å². The summed E-state index contributed by atoms with van der Waals surface area (Å²) in [5.74, 6) is -0.245. The number of hydrogen-bond donors (Lipinski definition) is 1. The van der Waals surface area contributed by atoms with Crippen molar-refractivity contribution in [2.75, 3.05) is 6.54 Å². The molecule has 0 unspecified atom stereocenters. The van der Waals surface area contributed by atoms with Crippen molar-refractivity contribution in [3.05, 3.63) is 91.6 Å². The van der Waals surface area contributed by atoms with Crippen LogP contribution in [0, 0.1) is 0 Å². The van der Waals surface area contributed by atoms with Crippen LogP contribution < -0.4 is 16.6 Å². The van der Waals surface area contributed by atoms with Crippen molar-refractivity contribution in [1.82, 2.24) is 14.5 Å². The lowest BCUT2D eigenvalue weighted by Gasteiger charge is -2.15. The second-order valence-corrected chi connectivity index (χ2v) is 8.55. The van der Waals surface area contributed by atoms with Crippen LogP contribution >= 0.6 is 11.6 Å². The summed E-state index contributed by atoms with van der Waals surface area (Å²) < 4.78 is 2.55. The fourth-order valence-electron chi connectivity index (χ4n) is 4.13. The summed E-state index contributed by atoms with van der Waals surface area (Å²) in [7, 11) is 0. The summed E-state index contributed by atoms with van der Waals surface area (Å²) in [5, 5.41) is 3.90. The second kappa shape index (κ2) is 10.0. The Morgan fingerprint density at radius 1 is 1.00 bits per heavy atom. The monoisotopic (exact) mass is 451 g/mol. The van der Waals surface area contributed by atoms with Crippen LogP contribution in [-0.2, 0) is 17.9 Å². The fraction of sp³-hybridized carbons (Fsp3) is 0.320. The number of nitrogens with one attached hydrogen (secondary N) is 1. The Morgan fingerprint density at radius 2 is 1.78 bits per heavy atom. The first-order valence-electron chi connectivity index (χ1n) is 10.9. The van der Waals surface area contributed by atoms with E-state index in [0.717, 1.165) is 24.8 Å². The Balaban J connectivity index is 1.59. The summed E-state index contributed by atoms with van der Waals surface area (Å²) in [6.45, 7) is 0.510. The van der Waals surface area contributed by atoms with Gasteiger partial charge in [0.2, 0.25) is 5.91 Å². The molecule has 1 amide bonds. The van der Waals surface area contributed by atoms with Crippen molar-refractivity contribution in [3.8, 4) is 0 Å². The van der Waals surface area contributed by atoms with Crippen LogP contribution in [0.25, 0.3) is 10.9 Å². The van der Waals surface area contributed by atoms with E-state index in [9.17, 15) is 14.4 Å². The van der Waals surface area contributed by atoms with Gasteiger partial charge in [-0.15, -0.1) is 0 Å². The third-order valence-electron chi connectivity index (χ3n) is 5.84. The molecule has 1 aromatic heterocycles. The van der Waals surface area contributed by atoms with Gasteiger partial charge in [0.1, 0.15) is 6.54 Å². The van der Waals surface area contributed by atoms with Crippen molar-refractivity contribution >= 4 is 28.4 Å². The van der Waals surface area contributed by atoms with Crippen molar-refractivity contribution in [3.63, 3.8) is 0 Å². The maximum atomic E-state index is 13.2. The number of rotatable bonds is 7. The molecule has 1 aliphatic carbocycles. The van der Waals surface area contributed by atoms with Gasteiger partial charge >= 0.3 is 5.69 Å². The van der Waals surface area contributed by atoms with Gasteiger partial charge in [0.15, 0.2) is 0 Å². The van der Waals surface area contributed by atoms with E-state index in [4.69, 9.17) is 11.6 Å². The number of fused-ring (bicyclic) bond motifs is 1. The molecule has 6 nitrogen and oxygen atoms in total. The van der Waals surface area contributed by atoms with E-state index in [1.807, 2.05) is 0 Å². The average Bonchev–Trinajstić information content (AvgIpc) is 2.81. The summed E-state index contributed by atoms with van der Waals surface area (Å²) in [6.07, 6.45) is 7.74. The second-order valence-electron chi connectivity index (χ2n) is 8.11. The number of aromatic nitrogens is 2. The SMILES string of the molecule is O=C(Cn1c(=O)n(Cc2ccc(Cl)cc2)c(=O)c2ccccc21)NCCC1=CCCCC1. The van der Waals surface area contributed by atoms with E-state index < -0.39 is 5.69 Å². The minimum absolute atomic E-state index is 0.107. The molecule has 1 heterocycles. The molecule has 166 valence electrons. The lowest BCUT2D eigenvalue weighted by Crippen LogP contribution is -2.43. The summed E-state index contributed by atoms with van der Waals surface area (Å²) in [6, 6.07) is 13.9. The van der Waals surface area contributed by atoms with Crippen molar-refractivity contribution in [1.29, 1.82) is 0 Å². The third-order valence-corrected chi connectivity index (χ3v) is 6.09. The molecule has 2 aromatic carbocycles. The smallest absolute Gasteiger partial charge is 0.332 e. The summed E-state index contributed by atoms with van der Waals surface area (Å²) in [4.78, 5) is 38.9. The van der Waals surface area contributed by atoms with Crippen molar-refractivity contribution in [2.24, 2.45) is 0 Å². The molecule has 0 saturated heterocycles. The highest BCUT2D eigenvalue weighted by Crippen LogP contribution is 2.19. The highest BCUT2D eigenvalue weighted by atomic mass is 35.5. The van der Waals surface area contributed by atoms with E-state index in [1.54, 1.807) is 48.5 Å². The average molecular weight is 452 g/mol. The van der Waals surface area contributed by atoms with Gasteiger partial charge in [0.25, 0.3) is 5.56 Å². The first-order chi connectivity index (χ1) is 15.5. The Hall–Kier alpha value is -3.12. The van der Waals surface area contributed by atoms with E-state index in [1.165, 1.54) is 27.5 Å². The highest BCUT2D eigenvalue weighted by Gasteiger charge is 2.15. The number of allylic oxidation sites excluding steroid dienone is 1. The lowest BCUT2D eigenvalue weighted by molar-refractivity contribution is -0.121. The van der Waals surface area contributed by atoms with E-state index >= 15 is 0 Å². The first-order valence-corrected chi connectivity index (χ1v) is 11.3. The molecule has 1 N–H and O–H groups in total. The molecular weight excluding hydrogens is 426 g/mol. The maximum absolute atomic E-state index is 13.2. The summed E-state index contributed by atoms with van der Waals surface area (Å²) >= 11 is 5.95. The molecular formula is C25H26ClN3O3. The quantitative estimate of drug-likeness (QED) is 0.554. The number of para-hydroxylation sites is 1. The number of halogens is 1. The van der Waals surface area contributed by atoms with E-state index in [-0.39, 0.29) is 24.6 Å². The van der Waals surface area contributed by atoms with Crippen molar-refractivity contribution in [2.45, 2.75) is 45.2 Å². The van der Waals surface area contributed by atoms with Crippen molar-refractivity contribution < 1.29 is 4.79 Å². The van der Waals surface area contributed by atoms with Crippen LogP contribution in [-0.4, -0.2) is 21.6 Å². The Labute approximate surface area is 191 Å². The fourth-order valence-corrected chi connectivity index (χ4v) is 4.26. The Bertz CT molecular complexity index is 1270. The van der Waals surface area contributed by atoms with Crippen LogP contribution in [0.4, 0.5) is 0 Å². The lowest BCUT2D eigenvalue weighted by atomic mass is 9.97. The molecule has 0 atom stereocenters. The zero-order valence-electron chi connectivity index (χ0n) is 17.9. The number of carbonyl (C=O) groups is 1. The van der Waals surface area contributed by atoms with Gasteiger partial charge in [0.05, 0.1) is 17.4 Å². The molecule has 0 radical (unpaired) electrons. The molecule has 7 heteroatoms. The number of benzene rings is 2. The minimum Gasteiger partial charge on any atom is -0.354 e. The molecule has 1 aliphatic rings. The van der Waals surface area contributed by atoms with E-state index in [0.29, 0.717) is 22.5 Å². The Kier molecular flexibility index (Phi) is 6.90. The molecule has 0 aliphatic heterocycles. The van der Waals surface area contributed by atoms with Crippen LogP contribution in [0.5, 0.6) is 0 Å². The predicted octanol–water partition coefficient (Wildman–Crippen LogP) is 3.87. The standard InChI is InChI=1S/C25H26ClN3O3/c26-20-12-10-19(11-13-20)16-29-24(31)21-8-4-5-9-22(21)28(25(29)32)17-23(30)27-15-14-18-6-2-1-3-7-18/h4-6,8-13H,1-3,7,14-17H2,(H,27,30). The molecule has 0 bridgehead atoms. The molecule has 0 spiro atoms. The van der Waals surface area contributed by atoms with Gasteiger partial charge in [-0.3, -0.25) is 18.7 Å². The predicted molar refractivity (Wildman–Crippen MR) is 127 cm³/mol. The van der Waals surface area contributed by atoms with Gasteiger partial charge in [-0.1, -0.05) is 47.5 Å². The minimum atomic E-state index is -0.506.